The van der Waals surface area contributed by atoms with Gasteiger partial charge in [0.05, 0.1) is 6.54 Å². The van der Waals surface area contributed by atoms with E-state index in [2.05, 4.69) is 36.6 Å². The summed E-state index contributed by atoms with van der Waals surface area (Å²) in [6, 6.07) is 1.75. The van der Waals surface area contributed by atoms with Crippen LogP contribution in [0.1, 0.15) is 69.8 Å². The van der Waals surface area contributed by atoms with Crippen LogP contribution in [0.15, 0.2) is 34.3 Å². The smallest absolute Gasteiger partial charge is 0.243 e. The molecule has 0 bridgehead atoms. The van der Waals surface area contributed by atoms with Gasteiger partial charge in [-0.05, 0) is 55.7 Å². The van der Waals surface area contributed by atoms with Gasteiger partial charge in [-0.2, -0.15) is 0 Å². The highest BCUT2D eigenvalue weighted by Crippen LogP contribution is 2.27. The van der Waals surface area contributed by atoms with Crippen LogP contribution in [0.3, 0.4) is 0 Å². The molecule has 0 unspecified atom stereocenters. The van der Waals surface area contributed by atoms with Crippen LogP contribution in [0.25, 0.3) is 0 Å². The molecule has 1 aliphatic carbocycles. The minimum absolute atomic E-state index is 0.0197. The summed E-state index contributed by atoms with van der Waals surface area (Å²) in [4.78, 5) is 75.7. The van der Waals surface area contributed by atoms with E-state index in [1.54, 1.807) is 12.1 Å². The van der Waals surface area contributed by atoms with Crippen LogP contribution >= 0.6 is 0 Å². The fourth-order valence-corrected chi connectivity index (χ4v) is 5.96. The highest BCUT2D eigenvalue weighted by atomic mass is 16.3. The quantitative estimate of drug-likeness (QED) is 0.0661. The zero-order valence-corrected chi connectivity index (χ0v) is 27.8. The molecule has 2 fully saturated rings. The van der Waals surface area contributed by atoms with Crippen LogP contribution in [0, 0.1) is 5.92 Å². The van der Waals surface area contributed by atoms with Crippen LogP contribution in [-0.2, 0) is 30.4 Å². The Morgan fingerprint density at radius 3 is 1.71 bits per heavy atom. The van der Waals surface area contributed by atoms with E-state index >= 15 is 0 Å². The molecule has 1 aromatic carbocycles. The molecule has 1 aromatic rings. The van der Waals surface area contributed by atoms with E-state index in [4.69, 9.17) is 22.9 Å². The van der Waals surface area contributed by atoms with Crippen molar-refractivity contribution in [3.05, 3.63) is 29.8 Å². The number of phenolic OH excluding ortho intramolecular Hbond substituents is 1. The number of rotatable bonds is 12. The third-order valence-electron chi connectivity index (χ3n) is 8.53. The fourth-order valence-electron chi connectivity index (χ4n) is 5.96. The molecule has 5 amide bonds. The number of amides is 5. The Hall–Kier alpha value is -5.09. The second-order valence-corrected chi connectivity index (χ2v) is 12.5. The average Bonchev–Trinajstić information content (AvgIpc) is 3.06. The van der Waals surface area contributed by atoms with E-state index in [1.807, 2.05) is 0 Å². The molecular formula is C32H51N11O6. The maximum atomic E-state index is 13.8. The van der Waals surface area contributed by atoms with Crippen molar-refractivity contribution in [2.75, 3.05) is 19.6 Å². The first-order chi connectivity index (χ1) is 23.4. The molecule has 0 radical (unpaired) electrons. The predicted molar refractivity (Wildman–Crippen MR) is 184 cm³/mol. The lowest BCUT2D eigenvalue weighted by Gasteiger charge is -2.28. The molecule has 0 spiro atoms. The van der Waals surface area contributed by atoms with Gasteiger partial charge in [0.15, 0.2) is 11.9 Å². The molecule has 49 heavy (non-hydrogen) atoms. The molecule has 4 atom stereocenters. The third-order valence-corrected chi connectivity index (χ3v) is 8.53. The normalized spacial score (nSPS) is 23.0. The van der Waals surface area contributed by atoms with E-state index in [9.17, 15) is 29.1 Å². The first kappa shape index (κ1) is 38.4. The van der Waals surface area contributed by atoms with Crippen molar-refractivity contribution in [1.82, 2.24) is 26.6 Å². The van der Waals surface area contributed by atoms with E-state index in [1.165, 1.54) is 12.1 Å². The van der Waals surface area contributed by atoms with Crippen molar-refractivity contribution in [3.8, 4) is 5.75 Å². The number of aliphatic imine (C=N–C) groups is 2. The average molecular weight is 686 g/mol. The topological polar surface area (TPSA) is 295 Å². The van der Waals surface area contributed by atoms with Crippen LogP contribution in [-0.4, -0.2) is 90.4 Å². The lowest BCUT2D eigenvalue weighted by molar-refractivity contribution is -0.134. The third kappa shape index (κ3) is 13.9. The Kier molecular flexibility index (Phi) is 15.4. The largest absolute Gasteiger partial charge is 0.508 e. The minimum Gasteiger partial charge on any atom is -0.508 e. The molecule has 1 heterocycles. The van der Waals surface area contributed by atoms with E-state index < -0.39 is 60.2 Å². The number of benzene rings is 1. The van der Waals surface area contributed by atoms with Gasteiger partial charge in [-0.15, -0.1) is 0 Å². The van der Waals surface area contributed by atoms with Gasteiger partial charge in [-0.1, -0.05) is 44.2 Å². The lowest BCUT2D eigenvalue weighted by Crippen LogP contribution is -2.58. The summed E-state index contributed by atoms with van der Waals surface area (Å²) in [6.45, 7) is -0.0790. The maximum absolute atomic E-state index is 13.8. The number of carbonyl (C=O) groups excluding carboxylic acids is 5. The van der Waals surface area contributed by atoms with Crippen LogP contribution in [0.4, 0.5) is 0 Å². The minimum atomic E-state index is -1.15. The number of aromatic hydroxyl groups is 1. The van der Waals surface area contributed by atoms with Gasteiger partial charge in [0.25, 0.3) is 0 Å². The zero-order chi connectivity index (χ0) is 35.8. The van der Waals surface area contributed by atoms with E-state index in [-0.39, 0.29) is 55.9 Å². The van der Waals surface area contributed by atoms with Crippen LogP contribution in [0.2, 0.25) is 0 Å². The van der Waals surface area contributed by atoms with Gasteiger partial charge in [-0.25, -0.2) is 0 Å². The molecule has 1 saturated carbocycles. The molecule has 270 valence electrons. The summed E-state index contributed by atoms with van der Waals surface area (Å²) in [7, 11) is 0. The van der Waals surface area contributed by atoms with Crippen LogP contribution < -0.4 is 49.5 Å². The van der Waals surface area contributed by atoms with E-state index in [0.717, 1.165) is 32.1 Å². The lowest BCUT2D eigenvalue weighted by atomic mass is 9.84. The van der Waals surface area contributed by atoms with E-state index in [0.29, 0.717) is 24.8 Å². The molecule has 17 heteroatoms. The Morgan fingerprint density at radius 1 is 0.673 bits per heavy atom. The maximum Gasteiger partial charge on any atom is 0.243 e. The summed E-state index contributed by atoms with van der Waals surface area (Å²) in [5, 5.41) is 23.3. The number of nitrogens with zero attached hydrogens (tertiary/aromatic N) is 2. The molecule has 3 rings (SSSR count). The summed E-state index contributed by atoms with van der Waals surface area (Å²) in [5.74, 6) is -3.14. The fraction of sp³-hybridized carbons (Fsp3) is 0.594. The van der Waals surface area contributed by atoms with Crippen molar-refractivity contribution in [1.29, 1.82) is 0 Å². The summed E-state index contributed by atoms with van der Waals surface area (Å²) < 4.78 is 0. The van der Waals surface area contributed by atoms with Crippen molar-refractivity contribution in [2.24, 2.45) is 38.8 Å². The molecule has 2 aliphatic rings. The van der Waals surface area contributed by atoms with Gasteiger partial charge < -0.3 is 54.6 Å². The van der Waals surface area contributed by atoms with Crippen LogP contribution in [0.5, 0.6) is 5.75 Å². The van der Waals surface area contributed by atoms with Gasteiger partial charge in [0.1, 0.15) is 29.9 Å². The summed E-state index contributed by atoms with van der Waals surface area (Å²) in [6.07, 6.45) is 6.20. The second-order valence-electron chi connectivity index (χ2n) is 12.5. The molecule has 1 saturated heterocycles. The Morgan fingerprint density at radius 2 is 1.18 bits per heavy atom. The predicted octanol–water partition coefficient (Wildman–Crippen LogP) is -1.92. The molecular weight excluding hydrogens is 634 g/mol. The van der Waals surface area contributed by atoms with Gasteiger partial charge >= 0.3 is 0 Å². The Labute approximate surface area is 285 Å². The summed E-state index contributed by atoms with van der Waals surface area (Å²) in [5.41, 5.74) is 22.4. The SMILES string of the molecule is NC(N)=NCCC[C@@H]1NC(=O)[C@H](CCCN=C(N)N)NC(=O)[C@@H](Cc2ccc(O)cc2)NC(=O)CNC(=O)[C@H](CC2CCCCC2)NC1=O. The molecule has 1 aliphatic heterocycles. The van der Waals surface area contributed by atoms with Crippen molar-refractivity contribution >= 4 is 41.5 Å². The van der Waals surface area contributed by atoms with Gasteiger partial charge in [0, 0.05) is 19.5 Å². The number of nitrogens with one attached hydrogen (secondary N) is 5. The first-order valence-corrected chi connectivity index (χ1v) is 16.8. The van der Waals surface area contributed by atoms with Crippen molar-refractivity contribution < 1.29 is 29.1 Å². The van der Waals surface area contributed by atoms with Crippen molar-refractivity contribution in [3.63, 3.8) is 0 Å². The van der Waals surface area contributed by atoms with Crippen molar-refractivity contribution in [2.45, 2.75) is 94.8 Å². The second kappa shape index (κ2) is 19.7. The number of phenols is 1. The number of guanidine groups is 2. The van der Waals surface area contributed by atoms with Gasteiger partial charge in [-0.3, -0.25) is 34.0 Å². The number of nitrogens with two attached hydrogens (primary N) is 4. The Balaban J connectivity index is 1.95. The van der Waals surface area contributed by atoms with Gasteiger partial charge in [0.2, 0.25) is 29.5 Å². The standard InChI is InChI=1S/C32H51N11O6/c33-31(34)37-14-4-8-22-28(47)41-23(9-5-15-38-32(35)36)29(48)43-24(16-19-6-2-1-3-7-19)27(46)39-18-26(45)40-25(30(49)42-22)17-20-10-12-21(44)13-11-20/h10-13,19,22-25,44H,1-9,14-18H2,(H,39,46)(H,40,45)(H,41,47)(H,42,49)(H,43,48)(H4,33,34,37)(H4,35,36,38)/t22-,23-,24-,25+/m0/s1. The monoisotopic (exact) mass is 685 g/mol. The number of hydrogen-bond donors (Lipinski definition) is 10. The molecule has 14 N–H and O–H groups in total. The number of hydrogen-bond acceptors (Lipinski definition) is 8. The number of carbonyl (C=O) groups is 5. The highest BCUT2D eigenvalue weighted by molar-refractivity contribution is 5.97. The highest BCUT2D eigenvalue weighted by Gasteiger charge is 2.33. The Bertz CT molecular complexity index is 1340. The zero-order valence-electron chi connectivity index (χ0n) is 27.8. The molecule has 0 aromatic heterocycles. The summed E-state index contributed by atoms with van der Waals surface area (Å²) >= 11 is 0. The molecule has 17 nitrogen and oxygen atoms in total. The first-order valence-electron chi connectivity index (χ1n) is 16.8.